The molecule has 2 aliphatic rings. The molecule has 8 N–H and O–H groups in total. The number of hydrogen-bond acceptors (Lipinski definition) is 12. The molecular weight excluding hydrogens is 382 g/mol. The molecule has 9 atom stereocenters. The van der Waals surface area contributed by atoms with Gasteiger partial charge < -0.3 is 50.6 Å². The standard InChI is InChI=1S/C15H23N3O10/c16-7-1-2-18(15(25)17-7)13-11(23)9(21)6(27-13)4-26-14-12(24)10(22)8(20)5(3-19)28-14/h1-2,5-6,8-14,19-24H,3-4H2,(H2,16,17,25)/t5-,6-,8-,9-,10+,11-,12-,13-,14-/m1/s1. The predicted octanol–water partition coefficient (Wildman–Crippen LogP) is -4.74. The minimum Gasteiger partial charge on any atom is -0.394 e. The summed E-state index contributed by atoms with van der Waals surface area (Å²) < 4.78 is 16.9. The Balaban J connectivity index is 1.66. The lowest BCUT2D eigenvalue weighted by Gasteiger charge is -2.39. The van der Waals surface area contributed by atoms with Gasteiger partial charge in [-0.05, 0) is 6.07 Å². The molecule has 0 unspecified atom stereocenters. The van der Waals surface area contributed by atoms with Crippen molar-refractivity contribution in [2.45, 2.75) is 55.2 Å². The van der Waals surface area contributed by atoms with E-state index in [1.807, 2.05) is 0 Å². The van der Waals surface area contributed by atoms with Crippen LogP contribution in [0.2, 0.25) is 0 Å². The Morgan fingerprint density at radius 3 is 2.36 bits per heavy atom. The highest BCUT2D eigenvalue weighted by Gasteiger charge is 2.47. The molecule has 0 saturated carbocycles. The zero-order chi connectivity index (χ0) is 20.6. The van der Waals surface area contributed by atoms with Gasteiger partial charge in [-0.15, -0.1) is 0 Å². The highest BCUT2D eigenvalue weighted by molar-refractivity contribution is 5.23. The molecule has 1 aromatic rings. The number of nitrogens with two attached hydrogens (primary N) is 1. The summed E-state index contributed by atoms with van der Waals surface area (Å²) in [4.78, 5) is 15.4. The Labute approximate surface area is 158 Å². The van der Waals surface area contributed by atoms with E-state index < -0.39 is 74.1 Å². The van der Waals surface area contributed by atoms with Crippen molar-refractivity contribution < 1.29 is 44.8 Å². The number of ether oxygens (including phenoxy) is 3. The molecule has 2 fully saturated rings. The number of aliphatic hydroxyl groups is 6. The molecular formula is C15H23N3O10. The lowest BCUT2D eigenvalue weighted by Crippen LogP contribution is -2.59. The van der Waals surface area contributed by atoms with Crippen LogP contribution >= 0.6 is 0 Å². The summed E-state index contributed by atoms with van der Waals surface area (Å²) in [6, 6.07) is 1.32. The van der Waals surface area contributed by atoms with Crippen molar-refractivity contribution in [1.29, 1.82) is 0 Å². The second-order valence-electron chi connectivity index (χ2n) is 6.62. The van der Waals surface area contributed by atoms with Crippen molar-refractivity contribution in [3.8, 4) is 0 Å². The van der Waals surface area contributed by atoms with E-state index in [4.69, 9.17) is 25.1 Å². The first-order chi connectivity index (χ1) is 13.2. The van der Waals surface area contributed by atoms with E-state index in [1.165, 1.54) is 12.3 Å². The number of nitrogens with zero attached hydrogens (tertiary/aromatic N) is 2. The molecule has 0 bridgehead atoms. The van der Waals surface area contributed by atoms with Crippen molar-refractivity contribution in [2.75, 3.05) is 18.9 Å². The van der Waals surface area contributed by atoms with Gasteiger partial charge in [-0.1, -0.05) is 0 Å². The van der Waals surface area contributed by atoms with Crippen LogP contribution in [0.4, 0.5) is 5.82 Å². The van der Waals surface area contributed by atoms with Gasteiger partial charge >= 0.3 is 5.69 Å². The first kappa shape index (κ1) is 21.0. The van der Waals surface area contributed by atoms with E-state index in [0.717, 1.165) is 4.57 Å². The van der Waals surface area contributed by atoms with Crippen molar-refractivity contribution in [3.63, 3.8) is 0 Å². The Morgan fingerprint density at radius 2 is 1.71 bits per heavy atom. The number of hydrogen-bond donors (Lipinski definition) is 7. The van der Waals surface area contributed by atoms with E-state index in [2.05, 4.69) is 4.98 Å². The lowest BCUT2D eigenvalue weighted by molar-refractivity contribution is -0.306. The van der Waals surface area contributed by atoms with Gasteiger partial charge in [0.1, 0.15) is 48.5 Å². The van der Waals surface area contributed by atoms with Gasteiger partial charge in [-0.3, -0.25) is 4.57 Å². The zero-order valence-electron chi connectivity index (χ0n) is 14.6. The van der Waals surface area contributed by atoms with Crippen molar-refractivity contribution in [2.24, 2.45) is 0 Å². The van der Waals surface area contributed by atoms with E-state index in [9.17, 15) is 30.3 Å². The van der Waals surface area contributed by atoms with E-state index >= 15 is 0 Å². The highest BCUT2D eigenvalue weighted by Crippen LogP contribution is 2.30. The predicted molar refractivity (Wildman–Crippen MR) is 88.6 cm³/mol. The van der Waals surface area contributed by atoms with Gasteiger partial charge in [-0.2, -0.15) is 4.98 Å². The monoisotopic (exact) mass is 405 g/mol. The fourth-order valence-electron chi connectivity index (χ4n) is 3.11. The second kappa shape index (κ2) is 8.36. The maximum absolute atomic E-state index is 11.9. The molecule has 0 spiro atoms. The Morgan fingerprint density at radius 1 is 1.04 bits per heavy atom. The average Bonchev–Trinajstić information content (AvgIpc) is 2.94. The summed E-state index contributed by atoms with van der Waals surface area (Å²) in [6.07, 6.45) is -11.4. The third-order valence-electron chi connectivity index (χ3n) is 4.74. The number of rotatable bonds is 5. The summed E-state index contributed by atoms with van der Waals surface area (Å²) in [5, 5.41) is 59.0. The normalized spacial score (nSPS) is 41.3. The summed E-state index contributed by atoms with van der Waals surface area (Å²) in [6.45, 7) is -1.02. The first-order valence-corrected chi connectivity index (χ1v) is 8.53. The van der Waals surface area contributed by atoms with Crippen molar-refractivity contribution in [1.82, 2.24) is 9.55 Å². The molecule has 3 heterocycles. The molecule has 0 aliphatic carbocycles. The minimum atomic E-state index is -1.62. The minimum absolute atomic E-state index is 0.0169. The van der Waals surface area contributed by atoms with Gasteiger partial charge in [0.05, 0.1) is 13.2 Å². The maximum atomic E-state index is 11.9. The zero-order valence-corrected chi connectivity index (χ0v) is 14.6. The summed E-state index contributed by atoms with van der Waals surface area (Å²) in [5.74, 6) is -0.0169. The quantitative estimate of drug-likeness (QED) is 0.246. The third-order valence-corrected chi connectivity index (χ3v) is 4.74. The van der Waals surface area contributed by atoms with Crippen LogP contribution in [0, 0.1) is 0 Å². The number of nitrogen functional groups attached to an aromatic ring is 1. The van der Waals surface area contributed by atoms with Crippen LogP contribution in [0.15, 0.2) is 17.1 Å². The summed E-state index contributed by atoms with van der Waals surface area (Å²) >= 11 is 0. The van der Waals surface area contributed by atoms with E-state index in [-0.39, 0.29) is 5.82 Å². The van der Waals surface area contributed by atoms with E-state index in [0.29, 0.717) is 0 Å². The highest BCUT2D eigenvalue weighted by atomic mass is 16.7. The van der Waals surface area contributed by atoms with Crippen LogP contribution in [0.3, 0.4) is 0 Å². The van der Waals surface area contributed by atoms with Gasteiger partial charge in [0.2, 0.25) is 0 Å². The summed E-state index contributed by atoms with van der Waals surface area (Å²) in [7, 11) is 0. The number of aliphatic hydroxyl groups excluding tert-OH is 6. The molecule has 0 amide bonds. The number of aromatic nitrogens is 2. The largest absolute Gasteiger partial charge is 0.394 e. The molecule has 158 valence electrons. The van der Waals surface area contributed by atoms with Crippen molar-refractivity contribution >= 4 is 5.82 Å². The van der Waals surface area contributed by atoms with E-state index in [1.54, 1.807) is 0 Å². The van der Waals surface area contributed by atoms with Gasteiger partial charge in [0.15, 0.2) is 12.5 Å². The fraction of sp³-hybridized carbons (Fsp3) is 0.733. The van der Waals surface area contributed by atoms with Gasteiger partial charge in [0.25, 0.3) is 0 Å². The van der Waals surface area contributed by atoms with Crippen LogP contribution in [0.1, 0.15) is 6.23 Å². The SMILES string of the molecule is Nc1ccn([C@@H]2O[C@H](CO[C@@H]3O[C@H](CO)[C@@H](O)[C@H](O)[C@H]3O)[C@@H](O)[C@H]2O)c(=O)n1. The second-order valence-corrected chi connectivity index (χ2v) is 6.62. The fourth-order valence-corrected chi connectivity index (χ4v) is 3.11. The van der Waals surface area contributed by atoms with Crippen LogP contribution in [0.5, 0.6) is 0 Å². The Kier molecular flexibility index (Phi) is 6.28. The topological polar surface area (TPSA) is 210 Å². The summed E-state index contributed by atoms with van der Waals surface area (Å²) in [5.41, 5.74) is 4.63. The van der Waals surface area contributed by atoms with Crippen LogP contribution < -0.4 is 11.4 Å². The molecule has 1 aromatic heterocycles. The van der Waals surface area contributed by atoms with Crippen LogP contribution in [-0.2, 0) is 14.2 Å². The molecule has 2 saturated heterocycles. The van der Waals surface area contributed by atoms with Gasteiger partial charge in [-0.25, -0.2) is 4.79 Å². The third kappa shape index (κ3) is 3.89. The van der Waals surface area contributed by atoms with Gasteiger partial charge in [0, 0.05) is 6.20 Å². The molecule has 13 nitrogen and oxygen atoms in total. The molecule has 0 aromatic carbocycles. The molecule has 3 rings (SSSR count). The molecule has 0 radical (unpaired) electrons. The Hall–Kier alpha value is -1.68. The van der Waals surface area contributed by atoms with Crippen LogP contribution in [0.25, 0.3) is 0 Å². The van der Waals surface area contributed by atoms with Crippen LogP contribution in [-0.4, -0.2) is 102 Å². The average molecular weight is 405 g/mol. The molecule has 28 heavy (non-hydrogen) atoms. The smallest absolute Gasteiger partial charge is 0.351 e. The Bertz CT molecular complexity index is 730. The maximum Gasteiger partial charge on any atom is 0.351 e. The molecule has 13 heteroatoms. The lowest BCUT2D eigenvalue weighted by atomic mass is 9.99. The van der Waals surface area contributed by atoms with Crippen molar-refractivity contribution in [3.05, 3.63) is 22.7 Å². The number of anilines is 1. The molecule has 2 aliphatic heterocycles. The first-order valence-electron chi connectivity index (χ1n) is 8.53.